The van der Waals surface area contributed by atoms with Crippen LogP contribution in [0.3, 0.4) is 0 Å². The number of para-hydroxylation sites is 2. The molecule has 140 valence electrons. The number of hydrogen-bond donors (Lipinski definition) is 0. The highest BCUT2D eigenvalue weighted by atomic mass is 19.1. The zero-order valence-corrected chi connectivity index (χ0v) is 15.6. The molecule has 4 rings (SSSR count). The molecule has 0 saturated carbocycles. The molecule has 0 N–H and O–H groups in total. The number of imidazole rings is 1. The fraction of sp³-hybridized carbons (Fsp3) is 0.364. The van der Waals surface area contributed by atoms with Gasteiger partial charge in [0.05, 0.1) is 17.5 Å². The Balaban J connectivity index is 1.35. The highest BCUT2D eigenvalue weighted by Crippen LogP contribution is 2.23. The lowest BCUT2D eigenvalue weighted by Crippen LogP contribution is -2.40. The molecule has 0 spiro atoms. The summed E-state index contributed by atoms with van der Waals surface area (Å²) in [6.45, 7) is 4.58. The van der Waals surface area contributed by atoms with Gasteiger partial charge in [-0.25, -0.2) is 9.37 Å². The van der Waals surface area contributed by atoms with Crippen LogP contribution in [-0.4, -0.2) is 33.4 Å². The summed E-state index contributed by atoms with van der Waals surface area (Å²) in [5.41, 5.74) is 3.09. The van der Waals surface area contributed by atoms with Crippen molar-refractivity contribution >= 4 is 16.9 Å². The van der Waals surface area contributed by atoms with Crippen molar-refractivity contribution in [3.63, 3.8) is 0 Å². The van der Waals surface area contributed by atoms with E-state index in [4.69, 9.17) is 0 Å². The Bertz CT molecular complexity index is 940. The number of amides is 1. The molecule has 0 radical (unpaired) electrons. The molecule has 1 amide bonds. The first-order valence-corrected chi connectivity index (χ1v) is 9.54. The Morgan fingerprint density at radius 1 is 1.11 bits per heavy atom. The second kappa shape index (κ2) is 7.51. The third-order valence-electron chi connectivity index (χ3n) is 5.52. The summed E-state index contributed by atoms with van der Waals surface area (Å²) in [7, 11) is 0. The van der Waals surface area contributed by atoms with Crippen molar-refractivity contribution in [3.8, 4) is 0 Å². The normalized spacial score (nSPS) is 15.4. The monoisotopic (exact) mass is 365 g/mol. The number of carbonyl (C=O) groups is 1. The first kappa shape index (κ1) is 17.7. The van der Waals surface area contributed by atoms with E-state index in [0.717, 1.165) is 49.4 Å². The first-order chi connectivity index (χ1) is 13.1. The average molecular weight is 365 g/mol. The minimum atomic E-state index is -0.269. The van der Waals surface area contributed by atoms with Crippen LogP contribution in [0.2, 0.25) is 0 Å². The molecule has 1 saturated heterocycles. The molecule has 0 atom stereocenters. The molecule has 2 heterocycles. The summed E-state index contributed by atoms with van der Waals surface area (Å²) in [6, 6.07) is 14.4. The Kier molecular flexibility index (Phi) is 4.92. The third kappa shape index (κ3) is 3.87. The van der Waals surface area contributed by atoms with E-state index in [0.29, 0.717) is 12.3 Å². The van der Waals surface area contributed by atoms with Gasteiger partial charge < -0.3 is 9.47 Å². The van der Waals surface area contributed by atoms with Crippen molar-refractivity contribution in [1.82, 2.24) is 14.5 Å². The minimum Gasteiger partial charge on any atom is -0.342 e. The van der Waals surface area contributed by atoms with Gasteiger partial charge in [-0.1, -0.05) is 24.3 Å². The lowest BCUT2D eigenvalue weighted by atomic mass is 9.96. The van der Waals surface area contributed by atoms with Gasteiger partial charge in [-0.05, 0) is 55.5 Å². The summed E-state index contributed by atoms with van der Waals surface area (Å²) in [5.74, 6) is 1.46. The Hall–Kier alpha value is -2.69. The minimum absolute atomic E-state index is 0.129. The van der Waals surface area contributed by atoms with Gasteiger partial charge in [-0.15, -0.1) is 0 Å². The number of aromatic nitrogens is 2. The molecule has 1 aliphatic heterocycles. The smallest absolute Gasteiger partial charge is 0.226 e. The lowest BCUT2D eigenvalue weighted by molar-refractivity contribution is -0.131. The van der Waals surface area contributed by atoms with Crippen molar-refractivity contribution in [2.45, 2.75) is 32.7 Å². The second-order valence-corrected chi connectivity index (χ2v) is 7.39. The van der Waals surface area contributed by atoms with E-state index in [1.165, 1.54) is 17.6 Å². The number of nitrogens with zero attached hydrogens (tertiary/aromatic N) is 3. The summed E-state index contributed by atoms with van der Waals surface area (Å²) in [5, 5.41) is 0. The summed E-state index contributed by atoms with van der Waals surface area (Å²) in [4.78, 5) is 19.1. The standard InChI is InChI=1S/C22H24FN3O/c1-16-24-20-4-2-3-5-21(20)26(16)15-18-10-12-25(13-11-18)22(27)14-17-6-8-19(23)9-7-17/h2-9,18H,10-15H2,1H3. The molecule has 1 aliphatic rings. The molecule has 27 heavy (non-hydrogen) atoms. The number of aryl methyl sites for hydroxylation is 1. The zero-order chi connectivity index (χ0) is 18.8. The molecule has 0 unspecified atom stereocenters. The van der Waals surface area contributed by atoms with Gasteiger partial charge in [0.25, 0.3) is 0 Å². The number of piperidine rings is 1. The molecule has 2 aromatic carbocycles. The summed E-state index contributed by atoms with van der Waals surface area (Å²) >= 11 is 0. The number of carbonyl (C=O) groups excluding carboxylic acids is 1. The van der Waals surface area contributed by atoms with Crippen LogP contribution in [-0.2, 0) is 17.8 Å². The number of rotatable bonds is 4. The molecule has 5 heteroatoms. The van der Waals surface area contributed by atoms with Crippen molar-refractivity contribution in [2.24, 2.45) is 5.92 Å². The lowest BCUT2D eigenvalue weighted by Gasteiger charge is -2.32. The molecular weight excluding hydrogens is 341 g/mol. The van der Waals surface area contributed by atoms with E-state index in [9.17, 15) is 9.18 Å². The van der Waals surface area contributed by atoms with Crippen LogP contribution in [0.1, 0.15) is 24.2 Å². The predicted molar refractivity (Wildman–Crippen MR) is 104 cm³/mol. The van der Waals surface area contributed by atoms with Gasteiger partial charge in [0.15, 0.2) is 0 Å². The van der Waals surface area contributed by atoms with Crippen molar-refractivity contribution in [2.75, 3.05) is 13.1 Å². The number of benzene rings is 2. The van der Waals surface area contributed by atoms with Crippen LogP contribution < -0.4 is 0 Å². The van der Waals surface area contributed by atoms with E-state index in [2.05, 4.69) is 34.7 Å². The quantitative estimate of drug-likeness (QED) is 0.702. The predicted octanol–water partition coefficient (Wildman–Crippen LogP) is 3.97. The molecule has 0 bridgehead atoms. The molecule has 0 aliphatic carbocycles. The number of hydrogen-bond acceptors (Lipinski definition) is 2. The maximum atomic E-state index is 13.0. The van der Waals surface area contributed by atoms with Crippen molar-refractivity contribution < 1.29 is 9.18 Å². The van der Waals surface area contributed by atoms with Gasteiger partial charge in [0.2, 0.25) is 5.91 Å². The second-order valence-electron chi connectivity index (χ2n) is 7.39. The highest BCUT2D eigenvalue weighted by Gasteiger charge is 2.24. The van der Waals surface area contributed by atoms with E-state index < -0.39 is 0 Å². The fourth-order valence-corrected chi connectivity index (χ4v) is 3.94. The zero-order valence-electron chi connectivity index (χ0n) is 15.6. The molecule has 4 nitrogen and oxygen atoms in total. The van der Waals surface area contributed by atoms with E-state index >= 15 is 0 Å². The maximum Gasteiger partial charge on any atom is 0.226 e. The van der Waals surface area contributed by atoms with E-state index in [-0.39, 0.29) is 11.7 Å². The number of likely N-dealkylation sites (tertiary alicyclic amines) is 1. The van der Waals surface area contributed by atoms with Crippen LogP contribution in [0, 0.1) is 18.7 Å². The fourth-order valence-electron chi connectivity index (χ4n) is 3.94. The molecule has 1 aromatic heterocycles. The van der Waals surface area contributed by atoms with Gasteiger partial charge in [-0.3, -0.25) is 4.79 Å². The number of halogens is 1. The van der Waals surface area contributed by atoms with Crippen LogP contribution >= 0.6 is 0 Å². The Morgan fingerprint density at radius 2 is 1.81 bits per heavy atom. The SMILES string of the molecule is Cc1nc2ccccc2n1CC1CCN(C(=O)Cc2ccc(F)cc2)CC1. The summed E-state index contributed by atoms with van der Waals surface area (Å²) < 4.78 is 15.3. The van der Waals surface area contributed by atoms with Gasteiger partial charge >= 0.3 is 0 Å². The summed E-state index contributed by atoms with van der Waals surface area (Å²) in [6.07, 6.45) is 2.35. The first-order valence-electron chi connectivity index (χ1n) is 9.54. The molecular formula is C22H24FN3O. The van der Waals surface area contributed by atoms with Crippen LogP contribution in [0.5, 0.6) is 0 Å². The topological polar surface area (TPSA) is 38.1 Å². The van der Waals surface area contributed by atoms with Gasteiger partial charge in [-0.2, -0.15) is 0 Å². The van der Waals surface area contributed by atoms with Crippen molar-refractivity contribution in [3.05, 3.63) is 65.7 Å². The van der Waals surface area contributed by atoms with E-state index in [1.54, 1.807) is 12.1 Å². The van der Waals surface area contributed by atoms with Gasteiger partial charge in [0, 0.05) is 19.6 Å². The maximum absolute atomic E-state index is 13.0. The van der Waals surface area contributed by atoms with Crippen LogP contribution in [0.4, 0.5) is 4.39 Å². The largest absolute Gasteiger partial charge is 0.342 e. The van der Waals surface area contributed by atoms with Crippen molar-refractivity contribution in [1.29, 1.82) is 0 Å². The molecule has 1 fully saturated rings. The number of fused-ring (bicyclic) bond motifs is 1. The van der Waals surface area contributed by atoms with Gasteiger partial charge in [0.1, 0.15) is 11.6 Å². The molecule has 3 aromatic rings. The third-order valence-corrected chi connectivity index (χ3v) is 5.52. The van der Waals surface area contributed by atoms with Crippen LogP contribution in [0.25, 0.3) is 11.0 Å². The van der Waals surface area contributed by atoms with E-state index in [1.807, 2.05) is 11.0 Å². The Morgan fingerprint density at radius 3 is 2.56 bits per heavy atom. The Labute approximate surface area is 158 Å². The highest BCUT2D eigenvalue weighted by molar-refractivity contribution is 5.79. The average Bonchev–Trinajstić information content (AvgIpc) is 2.99. The van der Waals surface area contributed by atoms with Crippen LogP contribution in [0.15, 0.2) is 48.5 Å².